The van der Waals surface area contributed by atoms with E-state index in [0.29, 0.717) is 0 Å². The first kappa shape index (κ1) is 6.36. The van der Waals surface area contributed by atoms with Crippen molar-refractivity contribution in [1.82, 2.24) is 0 Å². The zero-order valence-electron chi connectivity index (χ0n) is 5.59. The molecule has 1 unspecified atom stereocenters. The first-order valence-electron chi connectivity index (χ1n) is 2.93. The topological polar surface area (TPSA) is 33.4 Å². The second kappa shape index (κ2) is 2.23. The summed E-state index contributed by atoms with van der Waals surface area (Å²) in [5.74, 6) is 0.839. The van der Waals surface area contributed by atoms with Gasteiger partial charge in [-0.05, 0) is 19.9 Å². The fourth-order valence-electron chi connectivity index (χ4n) is 0.683. The normalized spacial score (nSPS) is 13.7. The predicted molar refractivity (Wildman–Crippen MR) is 34.1 cm³/mol. The van der Waals surface area contributed by atoms with Crippen molar-refractivity contribution >= 4 is 0 Å². The molecule has 1 atom stereocenters. The molecule has 9 heavy (non-hydrogen) atoms. The molecular weight excluding hydrogens is 116 g/mol. The largest absolute Gasteiger partial charge is 0.469 e. The average Bonchev–Trinajstić information content (AvgIpc) is 2.14. The van der Waals surface area contributed by atoms with Gasteiger partial charge in [-0.3, -0.25) is 0 Å². The van der Waals surface area contributed by atoms with Crippen LogP contribution in [0.25, 0.3) is 0 Å². The molecule has 1 aromatic rings. The highest BCUT2D eigenvalue weighted by Gasteiger charge is 2.01. The van der Waals surface area contributed by atoms with Crippen LogP contribution in [0.3, 0.4) is 0 Å². The fourth-order valence-corrected chi connectivity index (χ4v) is 0.683. The summed E-state index contributed by atoms with van der Waals surface area (Å²) in [6, 6.07) is 1.82. The summed E-state index contributed by atoms with van der Waals surface area (Å²) < 4.78 is 4.97. The molecule has 0 saturated carbocycles. The summed E-state index contributed by atoms with van der Waals surface area (Å²) >= 11 is 0. The van der Waals surface area contributed by atoms with E-state index in [4.69, 9.17) is 9.52 Å². The van der Waals surface area contributed by atoms with Crippen LogP contribution in [0.4, 0.5) is 0 Å². The molecule has 0 amide bonds. The summed E-state index contributed by atoms with van der Waals surface area (Å²) in [5, 5.41) is 8.98. The number of aliphatic hydroxyl groups excluding tert-OH is 1. The Morgan fingerprint density at radius 3 is 2.56 bits per heavy atom. The molecule has 2 heteroatoms. The van der Waals surface area contributed by atoms with E-state index in [9.17, 15) is 0 Å². The van der Waals surface area contributed by atoms with Gasteiger partial charge in [0.05, 0.1) is 12.4 Å². The van der Waals surface area contributed by atoms with Gasteiger partial charge < -0.3 is 9.52 Å². The molecule has 0 spiro atoms. The Bertz CT molecular complexity index is 189. The average molecular weight is 126 g/mol. The third-order valence-electron chi connectivity index (χ3n) is 1.23. The lowest BCUT2D eigenvalue weighted by molar-refractivity contribution is 0.198. The molecule has 1 heterocycles. The monoisotopic (exact) mass is 126 g/mol. The number of aliphatic hydroxyl groups is 1. The summed E-state index contributed by atoms with van der Waals surface area (Å²) in [6.45, 7) is 3.57. The second-order valence-corrected chi connectivity index (χ2v) is 2.17. The summed E-state index contributed by atoms with van der Waals surface area (Å²) in [7, 11) is 0. The smallest absolute Gasteiger partial charge is 0.101 e. The van der Waals surface area contributed by atoms with Crippen molar-refractivity contribution < 1.29 is 9.52 Å². The fraction of sp³-hybridized carbons (Fsp3) is 0.429. The number of hydrogen-bond acceptors (Lipinski definition) is 2. The molecule has 0 saturated heterocycles. The lowest BCUT2D eigenvalue weighted by atomic mass is 10.2. The van der Waals surface area contributed by atoms with Crippen molar-refractivity contribution in [2.75, 3.05) is 0 Å². The van der Waals surface area contributed by atoms with Gasteiger partial charge in [0.1, 0.15) is 5.76 Å². The van der Waals surface area contributed by atoms with Crippen LogP contribution in [-0.4, -0.2) is 5.11 Å². The minimum Gasteiger partial charge on any atom is -0.469 e. The Hall–Kier alpha value is -0.760. The molecule has 0 aliphatic carbocycles. The van der Waals surface area contributed by atoms with Crippen LogP contribution in [0.15, 0.2) is 16.7 Å². The molecule has 50 valence electrons. The zero-order valence-corrected chi connectivity index (χ0v) is 5.59. The Kier molecular flexibility index (Phi) is 1.58. The van der Waals surface area contributed by atoms with Crippen LogP contribution in [0, 0.1) is 6.92 Å². The van der Waals surface area contributed by atoms with Crippen molar-refractivity contribution in [3.8, 4) is 0 Å². The highest BCUT2D eigenvalue weighted by molar-refractivity contribution is 5.13. The molecular formula is C7H10O2. The SMILES string of the molecule is Cc1cc(C(C)O)co1. The Morgan fingerprint density at radius 2 is 2.33 bits per heavy atom. The minimum absolute atomic E-state index is 0.414. The van der Waals surface area contributed by atoms with E-state index < -0.39 is 6.10 Å². The van der Waals surface area contributed by atoms with Gasteiger partial charge in [-0.15, -0.1) is 0 Å². The van der Waals surface area contributed by atoms with E-state index in [0.717, 1.165) is 11.3 Å². The van der Waals surface area contributed by atoms with Gasteiger partial charge in [0.2, 0.25) is 0 Å². The lowest BCUT2D eigenvalue weighted by Gasteiger charge is -1.94. The van der Waals surface area contributed by atoms with Gasteiger partial charge in [-0.1, -0.05) is 0 Å². The molecule has 0 aliphatic heterocycles. The molecule has 1 aromatic heterocycles. The maximum Gasteiger partial charge on any atom is 0.101 e. The molecule has 0 bridgehead atoms. The Labute approximate surface area is 54.1 Å². The van der Waals surface area contributed by atoms with Crippen LogP contribution in [0.5, 0.6) is 0 Å². The summed E-state index contributed by atoms with van der Waals surface area (Å²) in [4.78, 5) is 0. The molecule has 1 rings (SSSR count). The highest BCUT2D eigenvalue weighted by atomic mass is 16.3. The van der Waals surface area contributed by atoms with Gasteiger partial charge in [-0.2, -0.15) is 0 Å². The first-order chi connectivity index (χ1) is 4.20. The number of aryl methyl sites for hydroxylation is 1. The number of hydrogen-bond donors (Lipinski definition) is 1. The Morgan fingerprint density at radius 1 is 1.67 bits per heavy atom. The van der Waals surface area contributed by atoms with Crippen LogP contribution >= 0.6 is 0 Å². The number of furan rings is 1. The van der Waals surface area contributed by atoms with Gasteiger partial charge >= 0.3 is 0 Å². The highest BCUT2D eigenvalue weighted by Crippen LogP contribution is 2.14. The molecule has 0 aromatic carbocycles. The summed E-state index contributed by atoms with van der Waals surface area (Å²) in [5.41, 5.74) is 0.840. The van der Waals surface area contributed by atoms with Crippen LogP contribution in [0.1, 0.15) is 24.4 Å². The van der Waals surface area contributed by atoms with E-state index in [1.165, 1.54) is 0 Å². The van der Waals surface area contributed by atoms with Gasteiger partial charge in [0.25, 0.3) is 0 Å². The van der Waals surface area contributed by atoms with Crippen LogP contribution < -0.4 is 0 Å². The number of rotatable bonds is 1. The molecule has 0 fully saturated rings. The first-order valence-corrected chi connectivity index (χ1v) is 2.93. The van der Waals surface area contributed by atoms with Crippen molar-refractivity contribution in [3.63, 3.8) is 0 Å². The van der Waals surface area contributed by atoms with Crippen molar-refractivity contribution in [2.24, 2.45) is 0 Å². The van der Waals surface area contributed by atoms with Crippen molar-refractivity contribution in [1.29, 1.82) is 0 Å². The van der Waals surface area contributed by atoms with Crippen molar-refractivity contribution in [2.45, 2.75) is 20.0 Å². The molecule has 0 radical (unpaired) electrons. The third kappa shape index (κ3) is 1.33. The van der Waals surface area contributed by atoms with Gasteiger partial charge in [-0.25, -0.2) is 0 Å². The minimum atomic E-state index is -0.414. The Balaban J connectivity index is 2.85. The van der Waals surface area contributed by atoms with Gasteiger partial charge in [0.15, 0.2) is 0 Å². The van der Waals surface area contributed by atoms with E-state index in [1.807, 2.05) is 13.0 Å². The standard InChI is InChI=1S/C7H10O2/c1-5-3-7(4-9-5)6(2)8/h3-4,6,8H,1-2H3. The molecule has 0 aliphatic rings. The van der Waals surface area contributed by atoms with E-state index in [-0.39, 0.29) is 0 Å². The maximum absolute atomic E-state index is 8.98. The molecule has 2 nitrogen and oxygen atoms in total. The third-order valence-corrected chi connectivity index (χ3v) is 1.23. The predicted octanol–water partition coefficient (Wildman–Crippen LogP) is 1.64. The quantitative estimate of drug-likeness (QED) is 0.620. The lowest BCUT2D eigenvalue weighted by Crippen LogP contribution is -1.85. The van der Waals surface area contributed by atoms with Crippen LogP contribution in [-0.2, 0) is 0 Å². The second-order valence-electron chi connectivity index (χ2n) is 2.17. The van der Waals surface area contributed by atoms with E-state index >= 15 is 0 Å². The van der Waals surface area contributed by atoms with E-state index in [2.05, 4.69) is 0 Å². The van der Waals surface area contributed by atoms with Gasteiger partial charge in [0, 0.05) is 5.56 Å². The summed E-state index contributed by atoms with van der Waals surface area (Å²) in [6.07, 6.45) is 1.16. The van der Waals surface area contributed by atoms with Crippen molar-refractivity contribution in [3.05, 3.63) is 23.7 Å². The zero-order chi connectivity index (χ0) is 6.85. The van der Waals surface area contributed by atoms with E-state index in [1.54, 1.807) is 13.2 Å². The molecule has 1 N–H and O–H groups in total. The van der Waals surface area contributed by atoms with Crippen LogP contribution in [0.2, 0.25) is 0 Å². The maximum atomic E-state index is 8.98.